The summed E-state index contributed by atoms with van der Waals surface area (Å²) in [6.07, 6.45) is -2.72. The molecule has 0 saturated carbocycles. The fourth-order valence-electron chi connectivity index (χ4n) is 3.28. The van der Waals surface area contributed by atoms with Crippen molar-refractivity contribution in [1.82, 2.24) is 9.97 Å². The predicted molar refractivity (Wildman–Crippen MR) is 100 cm³/mol. The van der Waals surface area contributed by atoms with Gasteiger partial charge >= 0.3 is 17.8 Å². The molecule has 0 unspecified atom stereocenters. The van der Waals surface area contributed by atoms with E-state index in [9.17, 15) is 28.1 Å². The maximum atomic E-state index is 12.9. The van der Waals surface area contributed by atoms with Crippen molar-refractivity contribution in [3.05, 3.63) is 51.8 Å². The second-order valence-electron chi connectivity index (χ2n) is 6.80. The highest BCUT2D eigenvalue weighted by Gasteiger charge is 2.32. The summed E-state index contributed by atoms with van der Waals surface area (Å²) >= 11 is 0. The molecule has 2 N–H and O–H groups in total. The van der Waals surface area contributed by atoms with Crippen LogP contribution >= 0.6 is 0 Å². The molecule has 1 fully saturated rings. The fraction of sp³-hybridized carbons (Fsp3) is 0.389. The molecular weight excluding hydrogens is 407 g/mol. The highest BCUT2D eigenvalue weighted by molar-refractivity contribution is 5.72. The first-order chi connectivity index (χ1) is 14.2. The molecule has 2 heterocycles. The lowest BCUT2D eigenvalue weighted by molar-refractivity contribution is -0.383. The van der Waals surface area contributed by atoms with Crippen LogP contribution in [0.5, 0.6) is 0 Å². The van der Waals surface area contributed by atoms with Crippen molar-refractivity contribution >= 4 is 23.3 Å². The molecule has 12 heteroatoms. The van der Waals surface area contributed by atoms with E-state index in [1.165, 1.54) is 12.1 Å². The number of nitrogens with zero attached hydrogens (tertiary/aromatic N) is 4. The van der Waals surface area contributed by atoms with Gasteiger partial charge in [0.1, 0.15) is 6.33 Å². The molecule has 0 radical (unpaired) electrons. The molecule has 0 spiro atoms. The third kappa shape index (κ3) is 4.75. The Morgan fingerprint density at radius 3 is 2.60 bits per heavy atom. The van der Waals surface area contributed by atoms with Crippen molar-refractivity contribution in [1.29, 1.82) is 0 Å². The van der Waals surface area contributed by atoms with Crippen molar-refractivity contribution in [2.75, 3.05) is 23.3 Å². The second-order valence-corrected chi connectivity index (χ2v) is 6.80. The Morgan fingerprint density at radius 2 is 2.00 bits per heavy atom. The molecule has 0 atom stereocenters. The summed E-state index contributed by atoms with van der Waals surface area (Å²) in [5, 5.41) is 23.5. The average molecular weight is 425 g/mol. The van der Waals surface area contributed by atoms with Gasteiger partial charge in [-0.25, -0.2) is 9.97 Å². The van der Waals surface area contributed by atoms with Gasteiger partial charge in [0.2, 0.25) is 11.6 Å². The molecule has 3 rings (SSSR count). The number of piperidine rings is 1. The summed E-state index contributed by atoms with van der Waals surface area (Å²) in [5.74, 6) is -1.50. The number of halogens is 3. The lowest BCUT2D eigenvalue weighted by atomic mass is 9.97. The minimum absolute atomic E-state index is 0.0466. The Labute approximate surface area is 168 Å². The zero-order valence-electron chi connectivity index (χ0n) is 15.6. The SMILES string of the molecule is O=C(O)C1CCN(c2ncnc(NCc3cccc(C(F)(F)F)c3)c2[N+](=O)[O-])CC1. The van der Waals surface area contributed by atoms with Gasteiger partial charge in [-0.3, -0.25) is 14.9 Å². The van der Waals surface area contributed by atoms with Gasteiger partial charge in [0, 0.05) is 19.6 Å². The molecule has 1 aliphatic heterocycles. The fourth-order valence-corrected chi connectivity index (χ4v) is 3.28. The molecule has 1 aromatic carbocycles. The van der Waals surface area contributed by atoms with Gasteiger partial charge < -0.3 is 15.3 Å². The molecule has 1 aromatic heterocycles. The number of hydrogen-bond donors (Lipinski definition) is 2. The third-order valence-electron chi connectivity index (χ3n) is 4.84. The molecule has 0 aliphatic carbocycles. The standard InChI is InChI=1S/C18H18F3N5O4/c19-18(20,21)13-3-1-2-11(8-13)9-22-15-14(26(29)30)16(24-10-23-15)25-6-4-12(5-7-25)17(27)28/h1-3,8,10,12H,4-7,9H2,(H,27,28)(H,22,23,24). The van der Waals surface area contributed by atoms with E-state index < -0.39 is 34.2 Å². The molecule has 9 nitrogen and oxygen atoms in total. The molecule has 160 valence electrons. The van der Waals surface area contributed by atoms with Crippen LogP contribution in [0.3, 0.4) is 0 Å². The first-order valence-electron chi connectivity index (χ1n) is 9.04. The number of carbonyl (C=O) groups is 1. The number of carboxylic acid groups (broad SMARTS) is 1. The van der Waals surface area contributed by atoms with E-state index >= 15 is 0 Å². The number of benzene rings is 1. The predicted octanol–water partition coefficient (Wildman–Crippen LogP) is 3.32. The molecule has 2 aromatic rings. The number of nitro groups is 1. The number of alkyl halides is 3. The molecule has 1 saturated heterocycles. The van der Waals surface area contributed by atoms with Crippen LogP contribution in [0.4, 0.5) is 30.5 Å². The number of aromatic nitrogens is 2. The Hall–Kier alpha value is -3.44. The largest absolute Gasteiger partial charge is 0.481 e. The normalized spacial score (nSPS) is 15.1. The molecular formula is C18H18F3N5O4. The van der Waals surface area contributed by atoms with E-state index in [1.54, 1.807) is 4.90 Å². The quantitative estimate of drug-likeness (QED) is 0.534. The van der Waals surface area contributed by atoms with E-state index in [2.05, 4.69) is 15.3 Å². The van der Waals surface area contributed by atoms with Crippen molar-refractivity contribution < 1.29 is 28.0 Å². The maximum absolute atomic E-state index is 12.9. The van der Waals surface area contributed by atoms with Crippen molar-refractivity contribution in [3.8, 4) is 0 Å². The van der Waals surface area contributed by atoms with Crippen LogP contribution in [0.25, 0.3) is 0 Å². The smallest absolute Gasteiger partial charge is 0.416 e. The first-order valence-corrected chi connectivity index (χ1v) is 9.04. The molecule has 0 bridgehead atoms. The highest BCUT2D eigenvalue weighted by Crippen LogP contribution is 2.34. The van der Waals surface area contributed by atoms with Crippen molar-refractivity contribution in [2.24, 2.45) is 5.92 Å². The van der Waals surface area contributed by atoms with Gasteiger partial charge in [-0.05, 0) is 30.5 Å². The van der Waals surface area contributed by atoms with E-state index in [0.29, 0.717) is 12.8 Å². The van der Waals surface area contributed by atoms with E-state index in [0.717, 1.165) is 18.5 Å². The third-order valence-corrected chi connectivity index (χ3v) is 4.84. The van der Waals surface area contributed by atoms with E-state index in [-0.39, 0.29) is 36.8 Å². The lowest BCUT2D eigenvalue weighted by Gasteiger charge is -2.30. The van der Waals surface area contributed by atoms with Crippen molar-refractivity contribution in [3.63, 3.8) is 0 Å². The van der Waals surface area contributed by atoms with E-state index in [4.69, 9.17) is 5.11 Å². The minimum Gasteiger partial charge on any atom is -0.481 e. The number of anilines is 2. The van der Waals surface area contributed by atoms with Crippen LogP contribution in [0.15, 0.2) is 30.6 Å². The molecule has 1 aliphatic rings. The first kappa shape index (κ1) is 21.3. The number of nitrogens with one attached hydrogen (secondary N) is 1. The summed E-state index contributed by atoms with van der Waals surface area (Å²) < 4.78 is 38.6. The van der Waals surface area contributed by atoms with E-state index in [1.807, 2.05) is 0 Å². The maximum Gasteiger partial charge on any atom is 0.416 e. The van der Waals surface area contributed by atoms with Crippen LogP contribution in [0, 0.1) is 16.0 Å². The topological polar surface area (TPSA) is 121 Å². The summed E-state index contributed by atoms with van der Waals surface area (Å²) in [4.78, 5) is 31.6. The lowest BCUT2D eigenvalue weighted by Crippen LogP contribution is -2.37. The van der Waals surface area contributed by atoms with Gasteiger partial charge in [-0.15, -0.1) is 0 Å². The Kier molecular flexibility index (Phi) is 6.04. The van der Waals surface area contributed by atoms with Gasteiger partial charge in [-0.1, -0.05) is 12.1 Å². The van der Waals surface area contributed by atoms with Crippen molar-refractivity contribution in [2.45, 2.75) is 25.6 Å². The highest BCUT2D eigenvalue weighted by atomic mass is 19.4. The number of rotatable bonds is 6. The Morgan fingerprint density at radius 1 is 1.30 bits per heavy atom. The molecule has 0 amide bonds. The zero-order valence-corrected chi connectivity index (χ0v) is 15.6. The van der Waals surface area contributed by atoms with Crippen LogP contribution in [-0.2, 0) is 17.5 Å². The average Bonchev–Trinajstić information content (AvgIpc) is 2.71. The van der Waals surface area contributed by atoms with Crippen LogP contribution < -0.4 is 10.2 Å². The van der Waals surface area contributed by atoms with Gasteiger partial charge in [0.05, 0.1) is 16.4 Å². The molecule has 30 heavy (non-hydrogen) atoms. The Balaban J connectivity index is 1.80. The van der Waals surface area contributed by atoms with Gasteiger partial charge in [-0.2, -0.15) is 13.2 Å². The summed E-state index contributed by atoms with van der Waals surface area (Å²) in [6.45, 7) is 0.450. The number of aliphatic carboxylic acids is 1. The van der Waals surface area contributed by atoms with Crippen LogP contribution in [0.2, 0.25) is 0 Å². The minimum atomic E-state index is -4.49. The second kappa shape index (κ2) is 8.51. The number of hydrogen-bond acceptors (Lipinski definition) is 7. The number of carboxylic acids is 1. The Bertz CT molecular complexity index is 946. The van der Waals surface area contributed by atoms with Gasteiger partial charge in [0.25, 0.3) is 0 Å². The van der Waals surface area contributed by atoms with Crippen LogP contribution in [0.1, 0.15) is 24.0 Å². The summed E-state index contributed by atoms with van der Waals surface area (Å²) in [6, 6.07) is 4.62. The monoisotopic (exact) mass is 425 g/mol. The zero-order chi connectivity index (χ0) is 21.9. The summed E-state index contributed by atoms with van der Waals surface area (Å²) in [5.41, 5.74) is -0.944. The van der Waals surface area contributed by atoms with Crippen LogP contribution in [-0.4, -0.2) is 39.1 Å². The van der Waals surface area contributed by atoms with Gasteiger partial charge in [0.15, 0.2) is 0 Å². The summed E-state index contributed by atoms with van der Waals surface area (Å²) in [7, 11) is 0.